The lowest BCUT2D eigenvalue weighted by Gasteiger charge is -2.05. The van der Waals surface area contributed by atoms with Gasteiger partial charge in [0, 0.05) is 16.3 Å². The van der Waals surface area contributed by atoms with Crippen LogP contribution in [-0.4, -0.2) is 21.1 Å². The molecule has 6 heteroatoms. The van der Waals surface area contributed by atoms with Crippen LogP contribution >= 0.6 is 23.4 Å². The molecule has 0 N–H and O–H groups in total. The summed E-state index contributed by atoms with van der Waals surface area (Å²) in [5, 5.41) is 14.9. The second-order valence-corrected chi connectivity index (χ2v) is 7.43. The lowest BCUT2D eigenvalue weighted by atomic mass is 10.2. The molecule has 0 fully saturated rings. The van der Waals surface area contributed by atoms with Crippen molar-refractivity contribution >= 4 is 29.6 Å². The molecular formula is C22H17ClN4S. The number of rotatable bonds is 6. The molecule has 0 aliphatic heterocycles. The van der Waals surface area contributed by atoms with Crippen molar-refractivity contribution in [2.45, 2.75) is 10.9 Å². The summed E-state index contributed by atoms with van der Waals surface area (Å²) in [5.41, 5.74) is 3.15. The van der Waals surface area contributed by atoms with Crippen molar-refractivity contribution in [1.29, 1.82) is 0 Å². The van der Waals surface area contributed by atoms with E-state index in [1.807, 2.05) is 72.8 Å². The van der Waals surface area contributed by atoms with Gasteiger partial charge in [0.25, 0.3) is 0 Å². The molecule has 0 atom stereocenters. The molecule has 0 amide bonds. The molecule has 138 valence electrons. The van der Waals surface area contributed by atoms with Crippen molar-refractivity contribution in [3.63, 3.8) is 0 Å². The molecule has 0 spiro atoms. The second kappa shape index (κ2) is 8.87. The van der Waals surface area contributed by atoms with E-state index in [0.29, 0.717) is 10.8 Å². The molecule has 0 aliphatic rings. The number of thioether (sulfide) groups is 1. The van der Waals surface area contributed by atoms with Crippen LogP contribution in [0, 0.1) is 0 Å². The van der Waals surface area contributed by atoms with Crippen molar-refractivity contribution in [2.24, 2.45) is 5.10 Å². The molecule has 4 aromatic rings. The van der Waals surface area contributed by atoms with Gasteiger partial charge in [-0.3, -0.25) is 0 Å². The van der Waals surface area contributed by atoms with Crippen LogP contribution < -0.4 is 0 Å². The Kier molecular flexibility index (Phi) is 5.85. The molecule has 0 saturated carbocycles. The minimum absolute atomic E-state index is 0.700. The van der Waals surface area contributed by atoms with Crippen molar-refractivity contribution in [3.8, 4) is 11.4 Å². The lowest BCUT2D eigenvalue weighted by Crippen LogP contribution is -1.97. The number of benzene rings is 3. The van der Waals surface area contributed by atoms with Crippen molar-refractivity contribution < 1.29 is 0 Å². The summed E-state index contributed by atoms with van der Waals surface area (Å²) >= 11 is 7.58. The van der Waals surface area contributed by atoms with Crippen molar-refractivity contribution in [3.05, 3.63) is 101 Å². The van der Waals surface area contributed by atoms with E-state index in [9.17, 15) is 0 Å². The van der Waals surface area contributed by atoms with Crippen LogP contribution in [-0.2, 0) is 5.75 Å². The first-order valence-corrected chi connectivity index (χ1v) is 10.1. The van der Waals surface area contributed by atoms with Crippen LogP contribution in [0.25, 0.3) is 11.4 Å². The minimum Gasteiger partial charge on any atom is -0.187 e. The van der Waals surface area contributed by atoms with Crippen LogP contribution in [0.3, 0.4) is 0 Å². The molecule has 0 unspecified atom stereocenters. The predicted molar refractivity (Wildman–Crippen MR) is 116 cm³/mol. The number of hydrogen-bond donors (Lipinski definition) is 0. The van der Waals surface area contributed by atoms with Crippen LogP contribution in [0.4, 0.5) is 0 Å². The van der Waals surface area contributed by atoms with E-state index in [-0.39, 0.29) is 0 Å². The molecule has 1 aromatic heterocycles. The lowest BCUT2D eigenvalue weighted by molar-refractivity contribution is 0.772. The van der Waals surface area contributed by atoms with E-state index >= 15 is 0 Å². The Morgan fingerprint density at radius 3 is 2.25 bits per heavy atom. The third-order valence-corrected chi connectivity index (χ3v) is 5.29. The van der Waals surface area contributed by atoms with E-state index in [0.717, 1.165) is 22.0 Å². The number of halogens is 1. The van der Waals surface area contributed by atoms with Crippen molar-refractivity contribution in [2.75, 3.05) is 0 Å². The quantitative estimate of drug-likeness (QED) is 0.302. The standard InChI is InChI=1S/C22H17ClN4S/c23-20-13-11-17(12-14-20)15-24-27-21(19-9-5-2-6-10-19)25-26-22(27)28-16-18-7-3-1-4-8-18/h1-15H,16H2/b24-15+. The minimum atomic E-state index is 0.700. The maximum atomic E-state index is 5.97. The smallest absolute Gasteiger partial charge is 0.187 e. The number of nitrogens with zero attached hydrogens (tertiary/aromatic N) is 4. The largest absolute Gasteiger partial charge is 0.212 e. The monoisotopic (exact) mass is 404 g/mol. The maximum Gasteiger partial charge on any atom is 0.212 e. The fourth-order valence-electron chi connectivity index (χ4n) is 2.62. The van der Waals surface area contributed by atoms with Crippen LogP contribution in [0.2, 0.25) is 5.02 Å². The molecule has 28 heavy (non-hydrogen) atoms. The average Bonchev–Trinajstić information content (AvgIpc) is 3.16. The Morgan fingerprint density at radius 1 is 0.857 bits per heavy atom. The number of aromatic nitrogens is 3. The summed E-state index contributed by atoms with van der Waals surface area (Å²) in [6.45, 7) is 0. The van der Waals surface area contributed by atoms with Gasteiger partial charge < -0.3 is 0 Å². The first-order chi connectivity index (χ1) is 13.8. The molecule has 3 aromatic carbocycles. The predicted octanol–water partition coefficient (Wildman–Crippen LogP) is 5.77. The maximum absolute atomic E-state index is 5.97. The van der Waals surface area contributed by atoms with Gasteiger partial charge in [-0.25, -0.2) is 0 Å². The van der Waals surface area contributed by atoms with E-state index in [1.54, 1.807) is 22.7 Å². The normalized spacial score (nSPS) is 11.2. The second-order valence-electron chi connectivity index (χ2n) is 6.05. The Hall–Kier alpha value is -2.89. The summed E-state index contributed by atoms with van der Waals surface area (Å²) in [7, 11) is 0. The Labute approximate surface area is 172 Å². The van der Waals surface area contributed by atoms with Crippen LogP contribution in [0.5, 0.6) is 0 Å². The van der Waals surface area contributed by atoms with Gasteiger partial charge >= 0.3 is 0 Å². The molecule has 0 bridgehead atoms. The third-order valence-electron chi connectivity index (χ3n) is 4.05. The SMILES string of the molecule is Clc1ccc(/C=N/n2c(SCc3ccccc3)nnc2-c2ccccc2)cc1. The summed E-state index contributed by atoms with van der Waals surface area (Å²) in [6, 6.07) is 27.8. The Morgan fingerprint density at radius 2 is 1.54 bits per heavy atom. The zero-order chi connectivity index (χ0) is 19.2. The van der Waals surface area contributed by atoms with Gasteiger partial charge in [-0.1, -0.05) is 96.2 Å². The van der Waals surface area contributed by atoms with E-state index in [1.165, 1.54) is 5.56 Å². The average molecular weight is 405 g/mol. The van der Waals surface area contributed by atoms with Gasteiger partial charge in [0.05, 0.1) is 6.21 Å². The van der Waals surface area contributed by atoms with E-state index in [2.05, 4.69) is 27.4 Å². The van der Waals surface area contributed by atoms with Gasteiger partial charge in [0.2, 0.25) is 5.16 Å². The zero-order valence-electron chi connectivity index (χ0n) is 14.9. The molecule has 0 aliphatic carbocycles. The molecule has 0 radical (unpaired) electrons. The van der Waals surface area contributed by atoms with Gasteiger partial charge in [-0.15, -0.1) is 10.2 Å². The Balaban J connectivity index is 1.65. The van der Waals surface area contributed by atoms with Crippen LogP contribution in [0.15, 0.2) is 95.2 Å². The van der Waals surface area contributed by atoms with Gasteiger partial charge in [-0.2, -0.15) is 9.78 Å². The fraction of sp³-hybridized carbons (Fsp3) is 0.0455. The number of hydrogen-bond acceptors (Lipinski definition) is 4. The fourth-order valence-corrected chi connectivity index (χ4v) is 3.59. The highest BCUT2D eigenvalue weighted by Crippen LogP contribution is 2.26. The Bertz CT molecular complexity index is 1060. The van der Waals surface area contributed by atoms with Gasteiger partial charge in [0.1, 0.15) is 0 Å². The topological polar surface area (TPSA) is 43.1 Å². The molecule has 1 heterocycles. The molecular weight excluding hydrogens is 388 g/mol. The highest BCUT2D eigenvalue weighted by Gasteiger charge is 2.14. The molecule has 0 saturated heterocycles. The summed E-state index contributed by atoms with van der Waals surface area (Å²) < 4.78 is 1.79. The first kappa shape index (κ1) is 18.5. The highest BCUT2D eigenvalue weighted by molar-refractivity contribution is 7.98. The molecule has 4 nitrogen and oxygen atoms in total. The molecule has 4 rings (SSSR count). The van der Waals surface area contributed by atoms with E-state index in [4.69, 9.17) is 11.6 Å². The summed E-state index contributed by atoms with van der Waals surface area (Å²) in [5.74, 6) is 1.51. The first-order valence-electron chi connectivity index (χ1n) is 8.77. The van der Waals surface area contributed by atoms with E-state index < -0.39 is 0 Å². The zero-order valence-corrected chi connectivity index (χ0v) is 16.5. The summed E-state index contributed by atoms with van der Waals surface area (Å²) in [4.78, 5) is 0. The van der Waals surface area contributed by atoms with Gasteiger partial charge in [0.15, 0.2) is 5.82 Å². The summed E-state index contributed by atoms with van der Waals surface area (Å²) in [6.07, 6.45) is 1.79. The third kappa shape index (κ3) is 4.50. The highest BCUT2D eigenvalue weighted by atomic mass is 35.5. The van der Waals surface area contributed by atoms with Crippen molar-refractivity contribution in [1.82, 2.24) is 14.9 Å². The van der Waals surface area contributed by atoms with Gasteiger partial charge in [-0.05, 0) is 23.3 Å². The van der Waals surface area contributed by atoms with Crippen LogP contribution in [0.1, 0.15) is 11.1 Å².